The summed E-state index contributed by atoms with van der Waals surface area (Å²) in [4.78, 5) is 13.2. The zero-order valence-electron chi connectivity index (χ0n) is 16.9. The average molecular weight is 387 g/mol. The normalized spacial score (nSPS) is 65.1. The Bertz CT molecular complexity index is 878. The summed E-state index contributed by atoms with van der Waals surface area (Å²) in [6.45, 7) is 0.651. The zero-order chi connectivity index (χ0) is 18.6. The Labute approximate surface area is 172 Å². The summed E-state index contributed by atoms with van der Waals surface area (Å²) in [6, 6.07) is 10.3. The molecule has 1 aromatic carbocycles. The van der Waals surface area contributed by atoms with Crippen LogP contribution in [0.2, 0.25) is 0 Å². The van der Waals surface area contributed by atoms with Crippen LogP contribution in [0.25, 0.3) is 0 Å². The lowest BCUT2D eigenvalue weighted by Gasteiger charge is -2.41. The van der Waals surface area contributed by atoms with Gasteiger partial charge in [0.05, 0.1) is 5.41 Å². The van der Waals surface area contributed by atoms with Crippen molar-refractivity contribution >= 4 is 6.29 Å². The van der Waals surface area contributed by atoms with Gasteiger partial charge >= 0.3 is 0 Å². The number of aldehydes is 1. The van der Waals surface area contributed by atoms with Crippen molar-refractivity contribution in [2.75, 3.05) is 6.61 Å². The summed E-state index contributed by atoms with van der Waals surface area (Å²) in [5.41, 5.74) is -0.195. The fourth-order valence-corrected chi connectivity index (χ4v) is 13.1. The average Bonchev–Trinajstić information content (AvgIpc) is 3.53. The fraction of sp³-hybridized carbons (Fsp3) is 0.741. The van der Waals surface area contributed by atoms with Gasteiger partial charge in [0.25, 0.3) is 0 Å². The number of carbonyl (C=O) groups is 1. The van der Waals surface area contributed by atoms with E-state index in [1.165, 1.54) is 32.0 Å². The molecule has 8 aliphatic rings. The molecule has 0 spiro atoms. The first-order chi connectivity index (χ1) is 14.3. The van der Waals surface area contributed by atoms with Gasteiger partial charge in [-0.1, -0.05) is 18.2 Å². The third-order valence-corrected chi connectivity index (χ3v) is 12.6. The summed E-state index contributed by atoms with van der Waals surface area (Å²) >= 11 is 0. The predicted octanol–water partition coefficient (Wildman–Crippen LogP) is 4.55. The summed E-state index contributed by atoms with van der Waals surface area (Å²) in [7, 11) is 0. The maximum atomic E-state index is 13.2. The summed E-state index contributed by atoms with van der Waals surface area (Å²) in [5, 5.41) is 0. The van der Waals surface area contributed by atoms with Crippen LogP contribution >= 0.6 is 0 Å². The number of hydrogen-bond donors (Lipinski definition) is 0. The highest BCUT2D eigenvalue weighted by atomic mass is 16.5. The van der Waals surface area contributed by atoms with Gasteiger partial charge in [0, 0.05) is 0 Å². The first kappa shape index (κ1) is 15.5. The highest BCUT2D eigenvalue weighted by Crippen LogP contribution is 2.90. The van der Waals surface area contributed by atoms with E-state index >= 15 is 0 Å². The summed E-state index contributed by atoms with van der Waals surface area (Å²) in [6.07, 6.45) is 7.28. The number of rotatable bonds is 4. The van der Waals surface area contributed by atoms with Crippen LogP contribution in [0.15, 0.2) is 30.3 Å². The molecule has 2 nitrogen and oxygen atoms in total. The van der Waals surface area contributed by atoms with Gasteiger partial charge in [-0.15, -0.1) is 0 Å². The Morgan fingerprint density at radius 2 is 1.24 bits per heavy atom. The molecule has 0 bridgehead atoms. The molecule has 15 atom stereocenters. The van der Waals surface area contributed by atoms with Crippen molar-refractivity contribution in [3.05, 3.63) is 30.3 Å². The van der Waals surface area contributed by atoms with Gasteiger partial charge in [-0.3, -0.25) is 0 Å². The van der Waals surface area contributed by atoms with E-state index < -0.39 is 0 Å². The van der Waals surface area contributed by atoms with Gasteiger partial charge in [-0.25, -0.2) is 0 Å². The van der Waals surface area contributed by atoms with E-state index in [2.05, 4.69) is 24.3 Å². The quantitative estimate of drug-likeness (QED) is 0.710. The molecule has 0 aromatic heterocycles. The van der Waals surface area contributed by atoms with Crippen molar-refractivity contribution in [2.24, 2.45) is 88.3 Å². The highest BCUT2D eigenvalue weighted by Gasteiger charge is 2.87. The smallest absolute Gasteiger partial charge is 0.130 e. The number of fused-ring (bicyclic) bond motifs is 4. The molecule has 0 amide bonds. The maximum absolute atomic E-state index is 13.2. The molecule has 1 aromatic rings. The van der Waals surface area contributed by atoms with Crippen LogP contribution < -0.4 is 4.74 Å². The topological polar surface area (TPSA) is 26.3 Å². The minimum absolute atomic E-state index is 0.195. The number of carbonyl (C=O) groups excluding carboxylic acids is 1. The Morgan fingerprint density at radius 3 is 1.83 bits per heavy atom. The van der Waals surface area contributed by atoms with Gasteiger partial charge in [0.15, 0.2) is 0 Å². The SMILES string of the molecule is O=CC1(COc2ccccc2)[C@@H]2[C@@H]3CC[C@@H]4C5C6[C@@H]7[C@H]([C@H]2[C@H]6[C@H]34)[C@@H]1[C@@H]1CC[C@@H]5[C@H]17. The first-order valence-corrected chi connectivity index (χ1v) is 12.5. The fourth-order valence-electron chi connectivity index (χ4n) is 13.1. The van der Waals surface area contributed by atoms with Crippen LogP contribution in [0.5, 0.6) is 5.75 Å². The molecule has 8 aliphatic carbocycles. The second kappa shape index (κ2) is 4.63. The van der Waals surface area contributed by atoms with Crippen molar-refractivity contribution in [1.82, 2.24) is 0 Å². The summed E-state index contributed by atoms with van der Waals surface area (Å²) < 4.78 is 6.46. The monoisotopic (exact) mass is 386 g/mol. The molecule has 0 saturated heterocycles. The van der Waals surface area contributed by atoms with Crippen molar-refractivity contribution in [1.29, 1.82) is 0 Å². The minimum Gasteiger partial charge on any atom is -0.493 e. The molecular formula is C27H30O2. The first-order valence-electron chi connectivity index (χ1n) is 12.5. The van der Waals surface area contributed by atoms with Crippen LogP contribution in [0.4, 0.5) is 0 Å². The van der Waals surface area contributed by atoms with Crippen molar-refractivity contribution in [3.63, 3.8) is 0 Å². The van der Waals surface area contributed by atoms with E-state index in [1.807, 2.05) is 6.07 Å². The third kappa shape index (κ3) is 1.35. The minimum atomic E-state index is -0.195. The largest absolute Gasteiger partial charge is 0.493 e. The molecule has 0 heterocycles. The zero-order valence-corrected chi connectivity index (χ0v) is 16.9. The summed E-state index contributed by atoms with van der Waals surface area (Å²) in [5.74, 6) is 13.9. The number of ether oxygens (including phenoxy) is 1. The molecule has 3 unspecified atom stereocenters. The molecule has 29 heavy (non-hydrogen) atoms. The van der Waals surface area contributed by atoms with Crippen LogP contribution in [-0.4, -0.2) is 12.9 Å². The molecule has 8 fully saturated rings. The van der Waals surface area contributed by atoms with Crippen molar-refractivity contribution < 1.29 is 9.53 Å². The Hall–Kier alpha value is -1.31. The maximum Gasteiger partial charge on any atom is 0.130 e. The van der Waals surface area contributed by atoms with Crippen molar-refractivity contribution in [2.45, 2.75) is 25.7 Å². The lowest BCUT2D eigenvalue weighted by Crippen LogP contribution is -2.45. The van der Waals surface area contributed by atoms with E-state index in [-0.39, 0.29) is 5.41 Å². The van der Waals surface area contributed by atoms with Gasteiger partial charge in [-0.05, 0) is 121 Å². The molecule has 0 aliphatic heterocycles. The molecule has 9 rings (SSSR count). The molecular weight excluding hydrogens is 356 g/mol. The standard InChI is InChI=1S/C27H30O2/c28-10-27(11-29-12-4-2-1-3-5-12)25-15-8-6-13-17-14-7-9-16-19(14)22-20(17)21(18(13)15)23(25)24(22)26(16)27/h1-5,10,13-26H,6-9,11H2/t13-,14+,15-,16-,17?,18+,19-,20?,21+,22-,23-,24-,25-,26+,27?/m1/s1. The Kier molecular flexibility index (Phi) is 2.47. The Morgan fingerprint density at radius 1 is 0.724 bits per heavy atom. The van der Waals surface area contributed by atoms with Gasteiger partial charge in [-0.2, -0.15) is 0 Å². The van der Waals surface area contributed by atoms with Gasteiger partial charge in [0.1, 0.15) is 18.6 Å². The van der Waals surface area contributed by atoms with E-state index in [0.29, 0.717) is 18.4 Å². The second-order valence-electron chi connectivity index (χ2n) is 12.3. The lowest BCUT2D eigenvalue weighted by atomic mass is 9.63. The number of benzene rings is 1. The van der Waals surface area contributed by atoms with Crippen LogP contribution in [-0.2, 0) is 4.79 Å². The molecule has 0 N–H and O–H groups in total. The van der Waals surface area contributed by atoms with Gasteiger partial charge < -0.3 is 9.53 Å². The van der Waals surface area contributed by atoms with Crippen molar-refractivity contribution in [3.8, 4) is 5.75 Å². The molecule has 2 heteroatoms. The molecule has 150 valence electrons. The van der Waals surface area contributed by atoms with Crippen LogP contribution in [0.1, 0.15) is 25.7 Å². The molecule has 0 radical (unpaired) electrons. The van der Waals surface area contributed by atoms with Crippen LogP contribution in [0.3, 0.4) is 0 Å². The van der Waals surface area contributed by atoms with E-state index in [1.54, 1.807) is 0 Å². The van der Waals surface area contributed by atoms with E-state index in [0.717, 1.165) is 76.8 Å². The number of hydrogen-bond acceptors (Lipinski definition) is 2. The predicted molar refractivity (Wildman–Crippen MR) is 108 cm³/mol. The highest BCUT2D eigenvalue weighted by molar-refractivity contribution is 5.64. The van der Waals surface area contributed by atoms with E-state index in [9.17, 15) is 4.79 Å². The Balaban J connectivity index is 1.23. The van der Waals surface area contributed by atoms with E-state index in [4.69, 9.17) is 4.74 Å². The van der Waals surface area contributed by atoms with Gasteiger partial charge in [0.2, 0.25) is 0 Å². The molecule has 8 saturated carbocycles. The lowest BCUT2D eigenvalue weighted by molar-refractivity contribution is -0.126. The number of para-hydroxylation sites is 1. The van der Waals surface area contributed by atoms with Crippen LogP contribution in [0, 0.1) is 88.3 Å². The third-order valence-electron chi connectivity index (χ3n) is 12.6. The second-order valence-corrected chi connectivity index (χ2v) is 12.3.